The van der Waals surface area contributed by atoms with Crippen molar-refractivity contribution < 1.29 is 33.2 Å². The molecule has 0 spiro atoms. The van der Waals surface area contributed by atoms with Gasteiger partial charge in [0.2, 0.25) is 0 Å². The molecule has 0 N–H and O–H groups in total. The van der Waals surface area contributed by atoms with Crippen LogP contribution < -0.4 is 10.2 Å². The van der Waals surface area contributed by atoms with E-state index in [-0.39, 0.29) is 11.6 Å². The zero-order chi connectivity index (χ0) is 18.3. The van der Waals surface area contributed by atoms with E-state index in [2.05, 4.69) is 20.4 Å². The Bertz CT molecular complexity index is 293. The van der Waals surface area contributed by atoms with Crippen LogP contribution in [-0.2, 0) is 23.0 Å². The zero-order valence-corrected chi connectivity index (χ0v) is 14.9. The first-order chi connectivity index (χ1) is 10.1. The molecular weight excluding hydrogens is 307 g/mol. The first-order valence-corrected chi connectivity index (χ1v) is 7.31. The normalized spacial score (nSPS) is 11.8. The fraction of sp³-hybridized carbons (Fsp3) is 0.714. The van der Waals surface area contributed by atoms with Crippen LogP contribution in [0.25, 0.3) is 0 Å². The van der Waals surface area contributed by atoms with Gasteiger partial charge in [-0.25, -0.2) is 0 Å². The fourth-order valence-corrected chi connectivity index (χ4v) is 1.24. The number of carboxylic acids is 2. The molecule has 0 saturated heterocycles. The number of Topliss-reactive ketones (excluding diaryl/α,β-unsaturated/α-hetero) is 2. The Balaban J connectivity index is -0.000000266. The minimum atomic E-state index is -1.27. The summed E-state index contributed by atoms with van der Waals surface area (Å²) in [5.41, 5.74) is 0. The molecule has 0 aliphatic heterocycles. The summed E-state index contributed by atoms with van der Waals surface area (Å²) < 4.78 is 4.46. The van der Waals surface area contributed by atoms with E-state index < -0.39 is 23.8 Å². The molecular formula is C14H23AlO7. The molecule has 0 aliphatic rings. The molecule has 0 aliphatic carbocycles. The SMILES string of the molecule is CCC(C(C)=O)C(=O)[O-].CCC(C(C)=O)C(=O)[O-].CC[O][Al+2]. The van der Waals surface area contributed by atoms with Crippen molar-refractivity contribution in [3.63, 3.8) is 0 Å². The number of rotatable bonds is 7. The summed E-state index contributed by atoms with van der Waals surface area (Å²) >= 11 is 2.16. The fourth-order valence-electron chi connectivity index (χ4n) is 1.24. The maximum atomic E-state index is 10.4. The Hall–Kier alpha value is -1.23. The molecule has 0 fully saturated rings. The summed E-state index contributed by atoms with van der Waals surface area (Å²) in [5.74, 6) is -5.04. The average Bonchev–Trinajstić information content (AvgIpc) is 2.39. The van der Waals surface area contributed by atoms with Crippen molar-refractivity contribution >= 4 is 40.1 Å². The quantitative estimate of drug-likeness (QED) is 0.424. The van der Waals surface area contributed by atoms with Crippen LogP contribution in [0.15, 0.2) is 0 Å². The Morgan fingerprint density at radius 1 is 0.864 bits per heavy atom. The third kappa shape index (κ3) is 15.2. The number of carbonyl (C=O) groups excluding carboxylic acids is 4. The van der Waals surface area contributed by atoms with E-state index >= 15 is 0 Å². The van der Waals surface area contributed by atoms with Gasteiger partial charge in [-0.2, -0.15) is 0 Å². The second-order valence-corrected chi connectivity index (χ2v) is 4.57. The topological polar surface area (TPSA) is 124 Å². The Morgan fingerprint density at radius 3 is 1.09 bits per heavy atom. The molecule has 0 heterocycles. The summed E-state index contributed by atoms with van der Waals surface area (Å²) in [4.78, 5) is 40.9. The van der Waals surface area contributed by atoms with Crippen molar-refractivity contribution in [3.8, 4) is 0 Å². The van der Waals surface area contributed by atoms with Crippen LogP contribution in [0, 0.1) is 11.8 Å². The van der Waals surface area contributed by atoms with Crippen molar-refractivity contribution in [1.82, 2.24) is 0 Å². The molecule has 0 radical (unpaired) electrons. The van der Waals surface area contributed by atoms with E-state index in [4.69, 9.17) is 0 Å². The first kappa shape index (κ1) is 25.7. The van der Waals surface area contributed by atoms with Crippen molar-refractivity contribution in [2.45, 2.75) is 47.5 Å². The number of ketones is 2. The van der Waals surface area contributed by atoms with Gasteiger partial charge in [-0.3, -0.25) is 9.59 Å². The van der Waals surface area contributed by atoms with E-state index in [0.29, 0.717) is 12.8 Å². The van der Waals surface area contributed by atoms with Gasteiger partial charge in [0, 0.05) is 0 Å². The molecule has 0 aromatic heterocycles. The molecule has 0 saturated carbocycles. The van der Waals surface area contributed by atoms with Crippen LogP contribution in [-0.4, -0.2) is 46.7 Å². The monoisotopic (exact) mass is 330 g/mol. The number of carbonyl (C=O) groups is 4. The molecule has 2 atom stereocenters. The zero-order valence-electron chi connectivity index (χ0n) is 13.7. The van der Waals surface area contributed by atoms with Crippen molar-refractivity contribution in [3.05, 3.63) is 0 Å². The molecule has 0 bridgehead atoms. The molecule has 0 rings (SSSR count). The van der Waals surface area contributed by atoms with Crippen molar-refractivity contribution in [1.29, 1.82) is 0 Å². The van der Waals surface area contributed by atoms with E-state index in [1.165, 1.54) is 13.8 Å². The summed E-state index contributed by atoms with van der Waals surface area (Å²) in [6, 6.07) is 0. The van der Waals surface area contributed by atoms with Crippen LogP contribution in [0.4, 0.5) is 0 Å². The van der Waals surface area contributed by atoms with Gasteiger partial charge >= 0.3 is 33.9 Å². The number of hydrogen-bond acceptors (Lipinski definition) is 7. The van der Waals surface area contributed by atoms with Gasteiger partial charge in [0.05, 0.1) is 23.8 Å². The van der Waals surface area contributed by atoms with E-state index in [1.807, 2.05) is 6.92 Å². The van der Waals surface area contributed by atoms with Gasteiger partial charge in [0.15, 0.2) is 0 Å². The molecule has 0 aromatic carbocycles. The van der Waals surface area contributed by atoms with E-state index in [1.54, 1.807) is 13.8 Å². The molecule has 0 aromatic rings. The van der Waals surface area contributed by atoms with Crippen LogP contribution in [0.2, 0.25) is 0 Å². The van der Waals surface area contributed by atoms with Crippen LogP contribution >= 0.6 is 0 Å². The molecule has 0 amide bonds. The number of aliphatic carboxylic acids is 2. The van der Waals surface area contributed by atoms with Gasteiger partial charge in [0.25, 0.3) is 0 Å². The third-order valence-corrected chi connectivity index (χ3v) is 2.87. The summed E-state index contributed by atoms with van der Waals surface area (Å²) in [6.07, 6.45) is 0.634. The van der Waals surface area contributed by atoms with Crippen molar-refractivity contribution in [2.24, 2.45) is 11.8 Å². The number of carboxylic acid groups (broad SMARTS) is 2. The second-order valence-electron chi connectivity index (χ2n) is 4.24. The van der Waals surface area contributed by atoms with E-state index in [0.717, 1.165) is 6.61 Å². The van der Waals surface area contributed by atoms with Crippen LogP contribution in [0.1, 0.15) is 47.5 Å². The molecule has 7 nitrogen and oxygen atoms in total. The third-order valence-electron chi connectivity index (χ3n) is 2.53. The van der Waals surface area contributed by atoms with Gasteiger partial charge in [-0.05, 0) is 26.7 Å². The minimum absolute atomic E-state index is 0.317. The molecule has 124 valence electrons. The maximum absolute atomic E-state index is 10.4. The predicted octanol–water partition coefficient (Wildman–Crippen LogP) is -1.19. The predicted molar refractivity (Wildman–Crippen MR) is 76.3 cm³/mol. The average molecular weight is 330 g/mol. The van der Waals surface area contributed by atoms with Crippen LogP contribution in [0.5, 0.6) is 0 Å². The van der Waals surface area contributed by atoms with Crippen molar-refractivity contribution in [2.75, 3.05) is 6.61 Å². The van der Waals surface area contributed by atoms with Crippen LogP contribution in [0.3, 0.4) is 0 Å². The Kier molecular flexibility index (Phi) is 18.9. The summed E-state index contributed by atoms with van der Waals surface area (Å²) in [7, 11) is 0. The second kappa shape index (κ2) is 16.1. The Labute approximate surface area is 139 Å². The van der Waals surface area contributed by atoms with Gasteiger partial charge in [-0.15, -0.1) is 0 Å². The summed E-state index contributed by atoms with van der Waals surface area (Å²) in [6.45, 7) is 8.51. The van der Waals surface area contributed by atoms with E-state index in [9.17, 15) is 29.4 Å². The van der Waals surface area contributed by atoms with Gasteiger partial charge < -0.3 is 19.8 Å². The van der Waals surface area contributed by atoms with Gasteiger partial charge in [-0.1, -0.05) is 13.8 Å². The molecule has 8 heteroatoms. The molecule has 22 heavy (non-hydrogen) atoms. The first-order valence-electron chi connectivity index (χ1n) is 6.84. The van der Waals surface area contributed by atoms with Gasteiger partial charge in [0.1, 0.15) is 11.6 Å². The summed E-state index contributed by atoms with van der Waals surface area (Å²) in [5, 5.41) is 20.1. The Morgan fingerprint density at radius 2 is 1.09 bits per heavy atom. The standard InChI is InChI=1S/2C6H10O3.C2H5O.Al/c2*1-3-5(4(2)7)6(8)9;1-2-3;/h2*5H,3H2,1-2H3,(H,8,9);2H2,1H3;/q;;-1;+3/p-2. The number of hydrogen-bond donors (Lipinski definition) is 0. The molecule has 2 unspecified atom stereocenters.